The van der Waals surface area contributed by atoms with Crippen LogP contribution < -0.4 is 5.32 Å². The molecule has 0 aliphatic carbocycles. The van der Waals surface area contributed by atoms with Crippen LogP contribution in [0.15, 0.2) is 12.4 Å². The average Bonchev–Trinajstić information content (AvgIpc) is 2.85. The Morgan fingerprint density at radius 2 is 2.37 bits per heavy atom. The molecule has 2 atom stereocenters. The standard InChI is InChI=1S/C15H27N3O/c1-4-7-18-11-14(10-17-18)15-13(6-5-8-19-15)9-16-12(2)3/h10-13,15-16H,4-9H2,1-3H3. The Balaban J connectivity index is 2.00. The Bertz CT molecular complexity index is 375. The lowest BCUT2D eigenvalue weighted by molar-refractivity contribution is -0.0282. The molecule has 2 rings (SSSR count). The largest absolute Gasteiger partial charge is 0.373 e. The van der Waals surface area contributed by atoms with Crippen molar-refractivity contribution >= 4 is 0 Å². The highest BCUT2D eigenvalue weighted by molar-refractivity contribution is 5.10. The van der Waals surface area contributed by atoms with Crippen LogP contribution in [-0.2, 0) is 11.3 Å². The first-order valence-corrected chi connectivity index (χ1v) is 7.58. The Morgan fingerprint density at radius 3 is 3.11 bits per heavy atom. The zero-order valence-electron chi connectivity index (χ0n) is 12.4. The molecule has 19 heavy (non-hydrogen) atoms. The van der Waals surface area contributed by atoms with Crippen LogP contribution in [0.4, 0.5) is 0 Å². The van der Waals surface area contributed by atoms with Crippen LogP contribution in [0.3, 0.4) is 0 Å². The fourth-order valence-corrected chi connectivity index (χ4v) is 2.69. The smallest absolute Gasteiger partial charge is 0.0895 e. The number of rotatable bonds is 6. The predicted molar refractivity (Wildman–Crippen MR) is 77.1 cm³/mol. The maximum atomic E-state index is 6.01. The van der Waals surface area contributed by atoms with Gasteiger partial charge in [-0.2, -0.15) is 5.10 Å². The van der Waals surface area contributed by atoms with Gasteiger partial charge in [-0.15, -0.1) is 0 Å². The van der Waals surface area contributed by atoms with Crippen molar-refractivity contribution in [3.63, 3.8) is 0 Å². The highest BCUT2D eigenvalue weighted by Crippen LogP contribution is 2.33. The second kappa shape index (κ2) is 7.06. The summed E-state index contributed by atoms with van der Waals surface area (Å²) >= 11 is 0. The van der Waals surface area contributed by atoms with Gasteiger partial charge in [-0.25, -0.2) is 0 Å². The fourth-order valence-electron chi connectivity index (χ4n) is 2.69. The number of nitrogens with zero attached hydrogens (tertiary/aromatic N) is 2. The molecule has 2 heterocycles. The van der Waals surface area contributed by atoms with E-state index in [9.17, 15) is 0 Å². The molecule has 1 saturated heterocycles. The third kappa shape index (κ3) is 4.05. The van der Waals surface area contributed by atoms with Gasteiger partial charge in [0.05, 0.1) is 12.3 Å². The third-order valence-electron chi connectivity index (χ3n) is 3.67. The van der Waals surface area contributed by atoms with Crippen LogP contribution in [0.25, 0.3) is 0 Å². The summed E-state index contributed by atoms with van der Waals surface area (Å²) in [6, 6.07) is 0.533. The zero-order valence-corrected chi connectivity index (χ0v) is 12.4. The molecule has 108 valence electrons. The van der Waals surface area contributed by atoms with Gasteiger partial charge in [0.2, 0.25) is 0 Å². The van der Waals surface area contributed by atoms with Gasteiger partial charge in [0.25, 0.3) is 0 Å². The van der Waals surface area contributed by atoms with Crippen molar-refractivity contribution < 1.29 is 4.74 Å². The lowest BCUT2D eigenvalue weighted by Crippen LogP contribution is -2.34. The molecule has 1 N–H and O–H groups in total. The number of ether oxygens (including phenoxy) is 1. The Kier molecular flexibility index (Phi) is 5.40. The normalized spacial score (nSPS) is 24.0. The average molecular weight is 265 g/mol. The van der Waals surface area contributed by atoms with E-state index >= 15 is 0 Å². The molecule has 1 fully saturated rings. The minimum absolute atomic E-state index is 0.214. The fraction of sp³-hybridized carbons (Fsp3) is 0.800. The quantitative estimate of drug-likeness (QED) is 0.859. The van der Waals surface area contributed by atoms with Crippen molar-refractivity contribution in [2.75, 3.05) is 13.2 Å². The van der Waals surface area contributed by atoms with E-state index in [0.717, 1.165) is 26.1 Å². The third-order valence-corrected chi connectivity index (χ3v) is 3.67. The molecule has 1 aromatic rings. The minimum Gasteiger partial charge on any atom is -0.373 e. The molecule has 0 bridgehead atoms. The summed E-state index contributed by atoms with van der Waals surface area (Å²) in [5.41, 5.74) is 1.24. The Morgan fingerprint density at radius 1 is 1.53 bits per heavy atom. The summed E-state index contributed by atoms with van der Waals surface area (Å²) in [4.78, 5) is 0. The second-order valence-corrected chi connectivity index (χ2v) is 5.79. The van der Waals surface area contributed by atoms with E-state index in [2.05, 4.69) is 37.4 Å². The lowest BCUT2D eigenvalue weighted by atomic mass is 9.90. The van der Waals surface area contributed by atoms with E-state index in [1.54, 1.807) is 0 Å². The molecule has 0 amide bonds. The first kappa shape index (κ1) is 14.5. The molecule has 2 unspecified atom stereocenters. The van der Waals surface area contributed by atoms with Crippen LogP contribution in [0, 0.1) is 5.92 Å². The van der Waals surface area contributed by atoms with Gasteiger partial charge in [-0.05, 0) is 19.3 Å². The molecule has 1 aliphatic heterocycles. The number of hydrogen-bond donors (Lipinski definition) is 1. The number of aryl methyl sites for hydroxylation is 1. The predicted octanol–water partition coefficient (Wildman–Crippen LogP) is 2.76. The molecule has 1 aromatic heterocycles. The molecule has 0 aromatic carbocycles. The highest BCUT2D eigenvalue weighted by atomic mass is 16.5. The summed E-state index contributed by atoms with van der Waals surface area (Å²) in [7, 11) is 0. The Labute approximate surface area is 116 Å². The summed E-state index contributed by atoms with van der Waals surface area (Å²) in [5.74, 6) is 0.565. The first-order valence-electron chi connectivity index (χ1n) is 7.58. The van der Waals surface area contributed by atoms with Crippen LogP contribution in [0.1, 0.15) is 51.7 Å². The van der Waals surface area contributed by atoms with Gasteiger partial charge in [0, 0.05) is 43.4 Å². The van der Waals surface area contributed by atoms with Crippen LogP contribution in [0.5, 0.6) is 0 Å². The van der Waals surface area contributed by atoms with Gasteiger partial charge >= 0.3 is 0 Å². The molecule has 4 nitrogen and oxygen atoms in total. The SMILES string of the molecule is CCCn1cc(C2OCCCC2CNC(C)C)cn1. The molecule has 0 spiro atoms. The molecular weight excluding hydrogens is 238 g/mol. The van der Waals surface area contributed by atoms with E-state index in [-0.39, 0.29) is 6.10 Å². The Hall–Kier alpha value is -0.870. The van der Waals surface area contributed by atoms with Gasteiger partial charge < -0.3 is 10.1 Å². The summed E-state index contributed by atoms with van der Waals surface area (Å²) < 4.78 is 8.04. The number of aromatic nitrogens is 2. The van der Waals surface area contributed by atoms with Crippen molar-refractivity contribution in [1.29, 1.82) is 0 Å². The van der Waals surface area contributed by atoms with E-state index in [4.69, 9.17) is 4.74 Å². The zero-order chi connectivity index (χ0) is 13.7. The van der Waals surface area contributed by atoms with Crippen molar-refractivity contribution in [1.82, 2.24) is 15.1 Å². The lowest BCUT2D eigenvalue weighted by Gasteiger charge is -2.32. The molecular formula is C15H27N3O. The maximum Gasteiger partial charge on any atom is 0.0895 e. The van der Waals surface area contributed by atoms with Crippen molar-refractivity contribution in [2.45, 2.75) is 58.7 Å². The van der Waals surface area contributed by atoms with Crippen molar-refractivity contribution in [2.24, 2.45) is 5.92 Å². The summed E-state index contributed by atoms with van der Waals surface area (Å²) in [6.07, 6.45) is 7.87. The van der Waals surface area contributed by atoms with E-state index in [0.29, 0.717) is 12.0 Å². The highest BCUT2D eigenvalue weighted by Gasteiger charge is 2.28. The van der Waals surface area contributed by atoms with Gasteiger partial charge in [0.1, 0.15) is 0 Å². The molecule has 4 heteroatoms. The van der Waals surface area contributed by atoms with E-state index in [1.807, 2.05) is 10.9 Å². The van der Waals surface area contributed by atoms with Crippen molar-refractivity contribution in [3.05, 3.63) is 18.0 Å². The molecule has 0 saturated carbocycles. The molecule has 0 radical (unpaired) electrons. The molecule has 1 aliphatic rings. The van der Waals surface area contributed by atoms with Crippen LogP contribution in [-0.4, -0.2) is 29.0 Å². The summed E-state index contributed by atoms with van der Waals surface area (Å²) in [6.45, 7) is 9.45. The number of hydrogen-bond acceptors (Lipinski definition) is 3. The van der Waals surface area contributed by atoms with Gasteiger partial charge in [-0.3, -0.25) is 4.68 Å². The van der Waals surface area contributed by atoms with Gasteiger partial charge in [-0.1, -0.05) is 20.8 Å². The topological polar surface area (TPSA) is 39.1 Å². The van der Waals surface area contributed by atoms with Crippen molar-refractivity contribution in [3.8, 4) is 0 Å². The van der Waals surface area contributed by atoms with Crippen LogP contribution in [0.2, 0.25) is 0 Å². The number of nitrogens with one attached hydrogen (secondary N) is 1. The summed E-state index contributed by atoms with van der Waals surface area (Å²) in [5, 5.41) is 7.97. The first-order chi connectivity index (χ1) is 9.20. The van der Waals surface area contributed by atoms with Crippen LogP contribution >= 0.6 is 0 Å². The maximum absolute atomic E-state index is 6.01. The van der Waals surface area contributed by atoms with E-state index < -0.39 is 0 Å². The minimum atomic E-state index is 0.214. The van der Waals surface area contributed by atoms with E-state index in [1.165, 1.54) is 18.4 Å². The van der Waals surface area contributed by atoms with Gasteiger partial charge in [0.15, 0.2) is 0 Å². The monoisotopic (exact) mass is 265 g/mol. The second-order valence-electron chi connectivity index (χ2n) is 5.79.